The van der Waals surface area contributed by atoms with Gasteiger partial charge in [0.05, 0.1) is 0 Å². The predicted octanol–water partition coefficient (Wildman–Crippen LogP) is 4.02. The number of para-hydroxylation sites is 2. The van der Waals surface area contributed by atoms with Crippen molar-refractivity contribution in [3.8, 4) is 11.5 Å². The van der Waals surface area contributed by atoms with E-state index in [1.54, 1.807) is 0 Å². The van der Waals surface area contributed by atoms with Gasteiger partial charge < -0.3 is 14.8 Å². The molecule has 110 valence electrons. The quantitative estimate of drug-likeness (QED) is 0.899. The highest BCUT2D eigenvalue weighted by molar-refractivity contribution is 5.54. The Morgan fingerprint density at radius 2 is 1.76 bits per heavy atom. The second kappa shape index (κ2) is 6.53. The number of hydrogen-bond donors (Lipinski definition) is 1. The van der Waals surface area contributed by atoms with Crippen molar-refractivity contribution in [1.29, 1.82) is 0 Å². The largest absolute Gasteiger partial charge is 0.486 e. The van der Waals surface area contributed by atoms with Crippen LogP contribution < -0.4 is 14.8 Å². The summed E-state index contributed by atoms with van der Waals surface area (Å²) in [6, 6.07) is 14.6. The van der Waals surface area contributed by atoms with Crippen LogP contribution >= 0.6 is 0 Å². The van der Waals surface area contributed by atoms with Gasteiger partial charge in [-0.3, -0.25) is 0 Å². The average molecular weight is 283 g/mol. The lowest BCUT2D eigenvalue weighted by atomic mass is 10.1. The Bertz CT molecular complexity index is 610. The van der Waals surface area contributed by atoms with Crippen LogP contribution in [0.3, 0.4) is 0 Å². The standard InChI is InChI=1S/C18H21NO2/c1-2-6-14-7-3-4-9-16(14)19-13-15-8-5-10-17-18(15)21-12-11-20-17/h3-5,7-10,19H,2,6,11-13H2,1H3. The number of fused-ring (bicyclic) bond motifs is 1. The van der Waals surface area contributed by atoms with Gasteiger partial charge in [0.1, 0.15) is 13.2 Å². The zero-order valence-electron chi connectivity index (χ0n) is 12.4. The van der Waals surface area contributed by atoms with Crippen molar-refractivity contribution in [2.45, 2.75) is 26.3 Å². The number of aryl methyl sites for hydroxylation is 1. The van der Waals surface area contributed by atoms with Crippen molar-refractivity contribution in [3.05, 3.63) is 53.6 Å². The number of ether oxygens (including phenoxy) is 2. The smallest absolute Gasteiger partial charge is 0.166 e. The summed E-state index contributed by atoms with van der Waals surface area (Å²) < 4.78 is 11.4. The van der Waals surface area contributed by atoms with E-state index < -0.39 is 0 Å². The topological polar surface area (TPSA) is 30.5 Å². The first kappa shape index (κ1) is 13.8. The molecule has 21 heavy (non-hydrogen) atoms. The second-order valence-corrected chi connectivity index (χ2v) is 5.20. The van der Waals surface area contributed by atoms with E-state index in [2.05, 4.69) is 42.6 Å². The van der Waals surface area contributed by atoms with Crippen LogP contribution in [-0.2, 0) is 13.0 Å². The van der Waals surface area contributed by atoms with Crippen LogP contribution in [0.2, 0.25) is 0 Å². The molecule has 1 aliphatic rings. The van der Waals surface area contributed by atoms with Gasteiger partial charge in [0.15, 0.2) is 11.5 Å². The van der Waals surface area contributed by atoms with Crippen molar-refractivity contribution in [3.63, 3.8) is 0 Å². The second-order valence-electron chi connectivity index (χ2n) is 5.20. The zero-order chi connectivity index (χ0) is 14.5. The highest BCUT2D eigenvalue weighted by Gasteiger charge is 2.15. The van der Waals surface area contributed by atoms with Gasteiger partial charge in [-0.1, -0.05) is 43.7 Å². The fourth-order valence-electron chi connectivity index (χ4n) is 2.64. The van der Waals surface area contributed by atoms with Crippen LogP contribution in [0.25, 0.3) is 0 Å². The molecule has 0 aromatic heterocycles. The minimum Gasteiger partial charge on any atom is -0.486 e. The van der Waals surface area contributed by atoms with Crippen molar-refractivity contribution in [2.75, 3.05) is 18.5 Å². The van der Waals surface area contributed by atoms with Crippen molar-refractivity contribution in [2.24, 2.45) is 0 Å². The molecule has 0 radical (unpaired) electrons. The van der Waals surface area contributed by atoms with E-state index in [1.807, 2.05) is 12.1 Å². The molecular weight excluding hydrogens is 262 g/mol. The van der Waals surface area contributed by atoms with E-state index in [1.165, 1.54) is 11.3 Å². The summed E-state index contributed by atoms with van der Waals surface area (Å²) in [4.78, 5) is 0. The monoisotopic (exact) mass is 283 g/mol. The maximum absolute atomic E-state index is 5.76. The number of rotatable bonds is 5. The van der Waals surface area contributed by atoms with E-state index in [-0.39, 0.29) is 0 Å². The van der Waals surface area contributed by atoms with E-state index in [9.17, 15) is 0 Å². The lowest BCUT2D eigenvalue weighted by Gasteiger charge is -2.21. The predicted molar refractivity (Wildman–Crippen MR) is 85.2 cm³/mol. The molecule has 2 aromatic rings. The zero-order valence-corrected chi connectivity index (χ0v) is 12.4. The summed E-state index contributed by atoms with van der Waals surface area (Å²) in [5.41, 5.74) is 3.70. The Kier molecular flexibility index (Phi) is 4.29. The normalized spacial score (nSPS) is 13.0. The first-order chi connectivity index (χ1) is 10.4. The van der Waals surface area contributed by atoms with Gasteiger partial charge in [-0.2, -0.15) is 0 Å². The van der Waals surface area contributed by atoms with Crippen LogP contribution in [0, 0.1) is 0 Å². The van der Waals surface area contributed by atoms with Gasteiger partial charge in [0.25, 0.3) is 0 Å². The fraction of sp³-hybridized carbons (Fsp3) is 0.333. The highest BCUT2D eigenvalue weighted by Crippen LogP contribution is 2.34. The van der Waals surface area contributed by atoms with E-state index in [0.717, 1.165) is 36.4 Å². The first-order valence-corrected chi connectivity index (χ1v) is 7.57. The van der Waals surface area contributed by atoms with Gasteiger partial charge >= 0.3 is 0 Å². The maximum atomic E-state index is 5.76. The Morgan fingerprint density at radius 1 is 0.952 bits per heavy atom. The molecule has 0 unspecified atom stereocenters. The molecule has 3 rings (SSSR count). The number of anilines is 1. The minimum absolute atomic E-state index is 0.621. The molecule has 0 saturated carbocycles. The summed E-state index contributed by atoms with van der Waals surface area (Å²) in [7, 11) is 0. The molecule has 3 nitrogen and oxygen atoms in total. The highest BCUT2D eigenvalue weighted by atomic mass is 16.6. The molecule has 0 bridgehead atoms. The van der Waals surface area contributed by atoms with Gasteiger partial charge in [0.2, 0.25) is 0 Å². The SMILES string of the molecule is CCCc1ccccc1NCc1cccc2c1OCCO2. The molecular formula is C18H21NO2. The molecule has 0 atom stereocenters. The molecule has 0 amide bonds. The molecule has 0 spiro atoms. The van der Waals surface area contributed by atoms with E-state index >= 15 is 0 Å². The van der Waals surface area contributed by atoms with Crippen molar-refractivity contribution in [1.82, 2.24) is 0 Å². The summed E-state index contributed by atoms with van der Waals surface area (Å²) in [6.07, 6.45) is 2.24. The molecule has 0 fully saturated rings. The Morgan fingerprint density at radius 3 is 2.67 bits per heavy atom. The van der Waals surface area contributed by atoms with Crippen LogP contribution in [0.5, 0.6) is 11.5 Å². The third kappa shape index (κ3) is 3.13. The average Bonchev–Trinajstić information content (AvgIpc) is 2.54. The molecule has 1 aliphatic heterocycles. The molecule has 1 heterocycles. The van der Waals surface area contributed by atoms with Gasteiger partial charge in [-0.15, -0.1) is 0 Å². The Hall–Kier alpha value is -2.16. The molecule has 0 saturated heterocycles. The van der Waals surface area contributed by atoms with Crippen LogP contribution in [0.4, 0.5) is 5.69 Å². The van der Waals surface area contributed by atoms with E-state index in [0.29, 0.717) is 13.2 Å². The summed E-state index contributed by atoms with van der Waals surface area (Å²) >= 11 is 0. The Balaban J connectivity index is 1.76. The fourth-order valence-corrected chi connectivity index (χ4v) is 2.64. The number of nitrogens with one attached hydrogen (secondary N) is 1. The van der Waals surface area contributed by atoms with Crippen LogP contribution in [0.1, 0.15) is 24.5 Å². The summed E-state index contributed by atoms with van der Waals surface area (Å²) in [5, 5.41) is 3.53. The van der Waals surface area contributed by atoms with Crippen molar-refractivity contribution >= 4 is 5.69 Å². The molecule has 0 aliphatic carbocycles. The maximum Gasteiger partial charge on any atom is 0.166 e. The summed E-state index contributed by atoms with van der Waals surface area (Å²) in [6.45, 7) is 4.20. The van der Waals surface area contributed by atoms with Gasteiger partial charge in [0, 0.05) is 17.8 Å². The third-order valence-electron chi connectivity index (χ3n) is 3.65. The number of hydrogen-bond acceptors (Lipinski definition) is 3. The van der Waals surface area contributed by atoms with Crippen LogP contribution in [0.15, 0.2) is 42.5 Å². The lowest BCUT2D eigenvalue weighted by molar-refractivity contribution is 0.170. The lowest BCUT2D eigenvalue weighted by Crippen LogP contribution is -2.17. The number of benzene rings is 2. The van der Waals surface area contributed by atoms with Gasteiger partial charge in [-0.05, 0) is 24.1 Å². The van der Waals surface area contributed by atoms with E-state index in [4.69, 9.17) is 9.47 Å². The first-order valence-electron chi connectivity index (χ1n) is 7.57. The molecule has 3 heteroatoms. The van der Waals surface area contributed by atoms with Gasteiger partial charge in [-0.25, -0.2) is 0 Å². The van der Waals surface area contributed by atoms with Crippen LogP contribution in [-0.4, -0.2) is 13.2 Å². The molecule has 2 aromatic carbocycles. The molecule has 1 N–H and O–H groups in total. The third-order valence-corrected chi connectivity index (χ3v) is 3.65. The Labute approximate surface area is 125 Å². The summed E-state index contributed by atoms with van der Waals surface area (Å²) in [5.74, 6) is 1.73. The van der Waals surface area contributed by atoms with Crippen molar-refractivity contribution < 1.29 is 9.47 Å². The minimum atomic E-state index is 0.621.